The standard InChI is InChI=1S/C17H13FN2O2/c18-14-8-6-13(7-9-14)17(21)19-11-15-10-16(20-22-15)12-4-2-1-3-5-12/h1-10H,11H2,(H,19,21). The number of benzene rings is 2. The Morgan fingerprint density at radius 1 is 1.09 bits per heavy atom. The first-order chi connectivity index (χ1) is 10.7. The largest absolute Gasteiger partial charge is 0.359 e. The summed E-state index contributed by atoms with van der Waals surface area (Å²) in [5.74, 6) is -0.119. The summed E-state index contributed by atoms with van der Waals surface area (Å²) in [6, 6.07) is 16.7. The average Bonchev–Trinajstić information content (AvgIpc) is 3.03. The van der Waals surface area contributed by atoms with E-state index < -0.39 is 0 Å². The average molecular weight is 296 g/mol. The summed E-state index contributed by atoms with van der Waals surface area (Å²) in [5.41, 5.74) is 2.05. The number of carbonyl (C=O) groups excluding carboxylic acids is 1. The predicted octanol–water partition coefficient (Wildman–Crippen LogP) is 3.41. The lowest BCUT2D eigenvalue weighted by molar-refractivity contribution is 0.0947. The van der Waals surface area contributed by atoms with Crippen molar-refractivity contribution in [1.82, 2.24) is 10.5 Å². The molecule has 1 aromatic heterocycles. The predicted molar refractivity (Wildman–Crippen MR) is 79.5 cm³/mol. The smallest absolute Gasteiger partial charge is 0.251 e. The van der Waals surface area contributed by atoms with E-state index in [0.717, 1.165) is 5.56 Å². The molecule has 1 heterocycles. The van der Waals surface area contributed by atoms with Crippen LogP contribution in [0.15, 0.2) is 65.2 Å². The fourth-order valence-electron chi connectivity index (χ4n) is 2.01. The highest BCUT2D eigenvalue weighted by atomic mass is 19.1. The maximum absolute atomic E-state index is 12.8. The first-order valence-corrected chi connectivity index (χ1v) is 6.77. The van der Waals surface area contributed by atoms with Crippen LogP contribution in [0.2, 0.25) is 0 Å². The van der Waals surface area contributed by atoms with Crippen LogP contribution < -0.4 is 5.32 Å². The maximum Gasteiger partial charge on any atom is 0.251 e. The van der Waals surface area contributed by atoms with Gasteiger partial charge < -0.3 is 9.84 Å². The minimum Gasteiger partial charge on any atom is -0.359 e. The summed E-state index contributed by atoms with van der Waals surface area (Å²) in [4.78, 5) is 11.9. The van der Waals surface area contributed by atoms with Crippen molar-refractivity contribution in [1.29, 1.82) is 0 Å². The van der Waals surface area contributed by atoms with E-state index in [2.05, 4.69) is 10.5 Å². The summed E-state index contributed by atoms with van der Waals surface area (Å²) < 4.78 is 18.0. The normalized spacial score (nSPS) is 10.4. The van der Waals surface area contributed by atoms with Crippen LogP contribution in [0.4, 0.5) is 4.39 Å². The summed E-state index contributed by atoms with van der Waals surface area (Å²) >= 11 is 0. The third kappa shape index (κ3) is 3.20. The van der Waals surface area contributed by atoms with E-state index in [4.69, 9.17) is 4.52 Å². The third-order valence-corrected chi connectivity index (χ3v) is 3.16. The molecule has 0 atom stereocenters. The second kappa shape index (κ2) is 6.22. The molecule has 3 rings (SSSR count). The molecule has 2 aromatic carbocycles. The van der Waals surface area contributed by atoms with Crippen LogP contribution >= 0.6 is 0 Å². The first-order valence-electron chi connectivity index (χ1n) is 6.77. The van der Waals surface area contributed by atoms with Gasteiger partial charge in [0.1, 0.15) is 11.5 Å². The Morgan fingerprint density at radius 2 is 1.82 bits per heavy atom. The lowest BCUT2D eigenvalue weighted by atomic mass is 10.1. The van der Waals surface area contributed by atoms with Gasteiger partial charge >= 0.3 is 0 Å². The van der Waals surface area contributed by atoms with Crippen LogP contribution in [0.5, 0.6) is 0 Å². The maximum atomic E-state index is 12.8. The Morgan fingerprint density at radius 3 is 2.55 bits per heavy atom. The highest BCUT2D eigenvalue weighted by Gasteiger charge is 2.09. The Kier molecular flexibility index (Phi) is 3.96. The highest BCUT2D eigenvalue weighted by molar-refractivity contribution is 5.94. The number of amides is 1. The van der Waals surface area contributed by atoms with Gasteiger partial charge in [-0.3, -0.25) is 4.79 Å². The second-order valence-corrected chi connectivity index (χ2v) is 4.73. The summed E-state index contributed by atoms with van der Waals surface area (Å²) in [5, 5.41) is 6.68. The van der Waals surface area contributed by atoms with Crippen molar-refractivity contribution < 1.29 is 13.7 Å². The van der Waals surface area contributed by atoms with Crippen LogP contribution in [0.3, 0.4) is 0 Å². The van der Waals surface area contributed by atoms with Crippen molar-refractivity contribution >= 4 is 5.91 Å². The monoisotopic (exact) mass is 296 g/mol. The molecule has 1 N–H and O–H groups in total. The molecule has 0 radical (unpaired) electrons. The van der Waals surface area contributed by atoms with Crippen molar-refractivity contribution in [2.75, 3.05) is 0 Å². The number of nitrogens with zero attached hydrogens (tertiary/aromatic N) is 1. The van der Waals surface area contributed by atoms with Gasteiger partial charge in [-0.15, -0.1) is 0 Å². The number of hydrogen-bond donors (Lipinski definition) is 1. The quantitative estimate of drug-likeness (QED) is 0.802. The topological polar surface area (TPSA) is 55.1 Å². The molecule has 4 nitrogen and oxygen atoms in total. The molecular weight excluding hydrogens is 283 g/mol. The fraction of sp³-hybridized carbons (Fsp3) is 0.0588. The Balaban J connectivity index is 1.64. The van der Waals surface area contributed by atoms with Gasteiger partial charge in [0.2, 0.25) is 0 Å². The molecule has 0 aliphatic carbocycles. The first kappa shape index (κ1) is 14.0. The SMILES string of the molecule is O=C(NCc1cc(-c2ccccc2)no1)c1ccc(F)cc1. The number of aromatic nitrogens is 1. The van der Waals surface area contributed by atoms with E-state index in [-0.39, 0.29) is 18.3 Å². The Labute approximate surface area is 126 Å². The molecular formula is C17H13FN2O2. The van der Waals surface area contributed by atoms with Gasteiger partial charge in [0.05, 0.1) is 6.54 Å². The van der Waals surface area contributed by atoms with Crippen molar-refractivity contribution in [3.8, 4) is 11.3 Å². The summed E-state index contributed by atoms with van der Waals surface area (Å²) in [6.07, 6.45) is 0. The second-order valence-electron chi connectivity index (χ2n) is 4.73. The molecule has 0 saturated heterocycles. The van der Waals surface area contributed by atoms with Gasteiger partial charge in [-0.25, -0.2) is 4.39 Å². The molecule has 3 aromatic rings. The zero-order valence-electron chi connectivity index (χ0n) is 11.6. The summed E-state index contributed by atoms with van der Waals surface area (Å²) in [7, 11) is 0. The van der Waals surface area contributed by atoms with Crippen molar-refractivity contribution in [2.24, 2.45) is 0 Å². The van der Waals surface area contributed by atoms with Gasteiger partial charge in [0.15, 0.2) is 5.76 Å². The number of halogens is 1. The summed E-state index contributed by atoms with van der Waals surface area (Å²) in [6.45, 7) is 0.218. The van der Waals surface area contributed by atoms with E-state index >= 15 is 0 Å². The number of carbonyl (C=O) groups is 1. The van der Waals surface area contributed by atoms with Crippen molar-refractivity contribution in [2.45, 2.75) is 6.54 Å². The molecule has 110 valence electrons. The Hall–Kier alpha value is -2.95. The molecule has 22 heavy (non-hydrogen) atoms. The molecule has 0 spiro atoms. The minimum absolute atomic E-state index is 0.218. The lowest BCUT2D eigenvalue weighted by Crippen LogP contribution is -2.22. The lowest BCUT2D eigenvalue weighted by Gasteiger charge is -2.02. The molecule has 0 fully saturated rings. The fourth-order valence-corrected chi connectivity index (χ4v) is 2.01. The van der Waals surface area contributed by atoms with Crippen LogP contribution in [-0.2, 0) is 6.54 Å². The van der Waals surface area contributed by atoms with Crippen LogP contribution in [0.1, 0.15) is 16.1 Å². The van der Waals surface area contributed by atoms with Crippen LogP contribution in [-0.4, -0.2) is 11.1 Å². The molecule has 1 amide bonds. The number of nitrogens with one attached hydrogen (secondary N) is 1. The molecule has 0 saturated carbocycles. The number of hydrogen-bond acceptors (Lipinski definition) is 3. The highest BCUT2D eigenvalue weighted by Crippen LogP contribution is 2.18. The van der Waals surface area contributed by atoms with Crippen LogP contribution in [0.25, 0.3) is 11.3 Å². The van der Waals surface area contributed by atoms with E-state index in [1.807, 2.05) is 30.3 Å². The molecule has 0 unspecified atom stereocenters. The zero-order valence-corrected chi connectivity index (χ0v) is 11.6. The van der Waals surface area contributed by atoms with Gasteiger partial charge in [-0.05, 0) is 24.3 Å². The molecule has 0 aliphatic rings. The third-order valence-electron chi connectivity index (χ3n) is 3.16. The van der Waals surface area contributed by atoms with Crippen molar-refractivity contribution in [3.05, 3.63) is 77.8 Å². The van der Waals surface area contributed by atoms with Gasteiger partial charge in [0, 0.05) is 17.2 Å². The van der Waals surface area contributed by atoms with Gasteiger partial charge in [-0.1, -0.05) is 35.5 Å². The Bertz CT molecular complexity index is 767. The van der Waals surface area contributed by atoms with E-state index in [1.54, 1.807) is 6.07 Å². The van der Waals surface area contributed by atoms with E-state index in [0.29, 0.717) is 17.0 Å². The molecule has 0 aliphatic heterocycles. The van der Waals surface area contributed by atoms with Gasteiger partial charge in [-0.2, -0.15) is 0 Å². The molecule has 5 heteroatoms. The number of rotatable bonds is 4. The van der Waals surface area contributed by atoms with Gasteiger partial charge in [0.25, 0.3) is 5.91 Å². The molecule has 0 bridgehead atoms. The minimum atomic E-state index is -0.376. The van der Waals surface area contributed by atoms with E-state index in [9.17, 15) is 9.18 Å². The zero-order chi connectivity index (χ0) is 15.4. The van der Waals surface area contributed by atoms with E-state index in [1.165, 1.54) is 24.3 Å². The van der Waals surface area contributed by atoms with Crippen molar-refractivity contribution in [3.63, 3.8) is 0 Å². The van der Waals surface area contributed by atoms with Crippen LogP contribution in [0, 0.1) is 5.82 Å².